The van der Waals surface area contributed by atoms with Crippen molar-refractivity contribution < 1.29 is 9.47 Å². The Hall–Kier alpha value is -2.75. The molecule has 1 aromatic heterocycles. The Morgan fingerprint density at radius 1 is 0.920 bits per heavy atom. The minimum atomic E-state index is 0.686. The molecule has 4 heteroatoms. The molecule has 4 nitrogen and oxygen atoms in total. The average Bonchev–Trinajstić information content (AvgIpc) is 2.92. The van der Waals surface area contributed by atoms with Crippen LogP contribution in [0.1, 0.15) is 22.5 Å². The predicted octanol–water partition coefficient (Wildman–Crippen LogP) is 4.99. The molecular weight excluding hydrogens is 312 g/mol. The zero-order valence-electron chi connectivity index (χ0n) is 15.7. The third kappa shape index (κ3) is 3.00. The van der Waals surface area contributed by atoms with Gasteiger partial charge in [-0.2, -0.15) is 0 Å². The highest BCUT2D eigenvalue weighted by atomic mass is 16.5. The highest BCUT2D eigenvalue weighted by molar-refractivity contribution is 5.81. The molecule has 0 amide bonds. The van der Waals surface area contributed by atoms with E-state index in [0.29, 0.717) is 11.5 Å². The van der Waals surface area contributed by atoms with Gasteiger partial charge in [-0.25, -0.2) is 4.98 Å². The van der Waals surface area contributed by atoms with Crippen molar-refractivity contribution in [2.24, 2.45) is 0 Å². The first kappa shape index (κ1) is 17.1. The molecule has 0 aliphatic heterocycles. The van der Waals surface area contributed by atoms with Crippen molar-refractivity contribution in [3.63, 3.8) is 0 Å². The van der Waals surface area contributed by atoms with Crippen molar-refractivity contribution in [3.05, 3.63) is 52.8 Å². The highest BCUT2D eigenvalue weighted by Gasteiger charge is 2.19. The summed E-state index contributed by atoms with van der Waals surface area (Å²) in [5.41, 5.74) is 7.69. The first-order valence-corrected chi connectivity index (χ1v) is 8.32. The van der Waals surface area contributed by atoms with Crippen molar-refractivity contribution in [3.8, 4) is 34.0 Å². The monoisotopic (exact) mass is 336 g/mol. The average molecular weight is 336 g/mol. The molecule has 1 N–H and O–H groups in total. The zero-order chi connectivity index (χ0) is 18.1. The largest absolute Gasteiger partial charge is 0.493 e. The van der Waals surface area contributed by atoms with Crippen LogP contribution in [0.2, 0.25) is 0 Å². The summed E-state index contributed by atoms with van der Waals surface area (Å²) in [7, 11) is 3.32. The molecule has 0 aliphatic carbocycles. The van der Waals surface area contributed by atoms with Crippen LogP contribution in [-0.4, -0.2) is 24.2 Å². The summed E-state index contributed by atoms with van der Waals surface area (Å²) in [6.45, 7) is 8.26. The second kappa shape index (κ2) is 6.63. The topological polar surface area (TPSA) is 47.1 Å². The number of hydrogen-bond donors (Lipinski definition) is 1. The molecule has 0 spiro atoms. The third-order valence-corrected chi connectivity index (χ3v) is 4.63. The van der Waals surface area contributed by atoms with Crippen LogP contribution in [-0.2, 0) is 0 Å². The number of methoxy groups -OCH3 is 2. The number of rotatable bonds is 4. The number of hydrogen-bond acceptors (Lipinski definition) is 3. The van der Waals surface area contributed by atoms with Gasteiger partial charge in [-0.1, -0.05) is 18.2 Å². The van der Waals surface area contributed by atoms with Crippen molar-refractivity contribution in [2.75, 3.05) is 14.2 Å². The van der Waals surface area contributed by atoms with Crippen LogP contribution in [0.15, 0.2) is 30.3 Å². The Labute approximate surface area is 148 Å². The van der Waals surface area contributed by atoms with E-state index in [-0.39, 0.29) is 0 Å². The van der Waals surface area contributed by atoms with Gasteiger partial charge in [-0.3, -0.25) is 0 Å². The lowest BCUT2D eigenvalue weighted by Gasteiger charge is -2.16. The van der Waals surface area contributed by atoms with Crippen molar-refractivity contribution in [1.82, 2.24) is 9.97 Å². The van der Waals surface area contributed by atoms with E-state index in [1.807, 2.05) is 19.9 Å². The summed E-state index contributed by atoms with van der Waals surface area (Å²) < 4.78 is 11.2. The summed E-state index contributed by atoms with van der Waals surface area (Å²) in [5.74, 6) is 2.17. The quantitative estimate of drug-likeness (QED) is 0.730. The Kier molecular flexibility index (Phi) is 4.53. The molecule has 0 unspecified atom stereocenters. The molecule has 0 fully saturated rings. The van der Waals surface area contributed by atoms with E-state index >= 15 is 0 Å². The van der Waals surface area contributed by atoms with E-state index < -0.39 is 0 Å². The number of imidazole rings is 1. The SMILES string of the molecule is COc1cc(-c2c(C)cccc2C)cc(-c2nc(C)c(C)[nH]2)c1OC. The predicted molar refractivity (Wildman–Crippen MR) is 102 cm³/mol. The van der Waals surface area contributed by atoms with Crippen molar-refractivity contribution in [1.29, 1.82) is 0 Å². The van der Waals surface area contributed by atoms with Gasteiger partial charge in [0.15, 0.2) is 11.5 Å². The van der Waals surface area contributed by atoms with E-state index in [4.69, 9.17) is 9.47 Å². The maximum Gasteiger partial charge on any atom is 0.171 e. The van der Waals surface area contributed by atoms with Crippen molar-refractivity contribution in [2.45, 2.75) is 27.7 Å². The molecule has 0 bridgehead atoms. The van der Waals surface area contributed by atoms with Crippen LogP contribution in [0.3, 0.4) is 0 Å². The molecule has 3 rings (SSSR count). The van der Waals surface area contributed by atoms with Crippen LogP contribution in [0.4, 0.5) is 0 Å². The summed E-state index contributed by atoms with van der Waals surface area (Å²) in [4.78, 5) is 8.00. The lowest BCUT2D eigenvalue weighted by Crippen LogP contribution is -1.97. The lowest BCUT2D eigenvalue weighted by atomic mass is 9.94. The van der Waals surface area contributed by atoms with Gasteiger partial charge in [0.25, 0.3) is 0 Å². The molecule has 3 aromatic rings. The number of benzene rings is 2. The normalized spacial score (nSPS) is 10.8. The number of nitrogens with one attached hydrogen (secondary N) is 1. The molecule has 2 aromatic carbocycles. The fourth-order valence-electron chi connectivity index (χ4n) is 3.23. The molecule has 130 valence electrons. The number of aryl methyl sites for hydroxylation is 4. The number of H-pyrrole nitrogens is 1. The number of nitrogens with zero attached hydrogens (tertiary/aromatic N) is 1. The second-order valence-corrected chi connectivity index (χ2v) is 6.32. The van der Waals surface area contributed by atoms with Gasteiger partial charge in [-0.05, 0) is 62.1 Å². The Balaban J connectivity index is 2.31. The molecule has 0 saturated heterocycles. The van der Waals surface area contributed by atoms with E-state index in [0.717, 1.165) is 28.3 Å². The molecule has 0 aliphatic rings. The van der Waals surface area contributed by atoms with E-state index in [1.54, 1.807) is 14.2 Å². The minimum absolute atomic E-state index is 0.686. The van der Waals surface area contributed by atoms with E-state index in [9.17, 15) is 0 Å². The first-order valence-electron chi connectivity index (χ1n) is 8.32. The van der Waals surface area contributed by atoms with Crippen LogP contribution in [0.25, 0.3) is 22.5 Å². The van der Waals surface area contributed by atoms with E-state index in [1.165, 1.54) is 16.7 Å². The molecule has 0 atom stereocenters. The van der Waals surface area contributed by atoms with Crippen LogP contribution in [0, 0.1) is 27.7 Å². The van der Waals surface area contributed by atoms with E-state index in [2.05, 4.69) is 48.1 Å². The summed E-state index contributed by atoms with van der Waals surface area (Å²) in [6, 6.07) is 10.5. The van der Waals surface area contributed by atoms with Gasteiger partial charge >= 0.3 is 0 Å². The fourth-order valence-corrected chi connectivity index (χ4v) is 3.23. The molecule has 0 saturated carbocycles. The number of aromatic nitrogens is 2. The standard InChI is InChI=1S/C21H24N2O2/c1-12-8-7-9-13(2)19(12)16-10-17(20(25-6)18(11-16)24-5)21-22-14(3)15(4)23-21/h7-11H,1-6H3,(H,22,23). The minimum Gasteiger partial charge on any atom is -0.493 e. The van der Waals surface area contributed by atoms with Gasteiger partial charge < -0.3 is 14.5 Å². The molecular formula is C21H24N2O2. The summed E-state index contributed by atoms with van der Waals surface area (Å²) in [6.07, 6.45) is 0. The van der Waals surface area contributed by atoms with Gasteiger partial charge in [0.1, 0.15) is 5.82 Å². The zero-order valence-corrected chi connectivity index (χ0v) is 15.7. The van der Waals surface area contributed by atoms with Gasteiger partial charge in [0, 0.05) is 5.69 Å². The highest BCUT2D eigenvalue weighted by Crippen LogP contribution is 2.42. The van der Waals surface area contributed by atoms with Crippen LogP contribution < -0.4 is 9.47 Å². The molecule has 0 radical (unpaired) electrons. The van der Waals surface area contributed by atoms with Crippen LogP contribution >= 0.6 is 0 Å². The Bertz CT molecular complexity index is 886. The summed E-state index contributed by atoms with van der Waals surface area (Å²) in [5, 5.41) is 0. The summed E-state index contributed by atoms with van der Waals surface area (Å²) >= 11 is 0. The molecule has 1 heterocycles. The third-order valence-electron chi connectivity index (χ3n) is 4.63. The van der Waals surface area contributed by atoms with Gasteiger partial charge in [0.2, 0.25) is 0 Å². The maximum absolute atomic E-state index is 5.64. The fraction of sp³-hybridized carbons (Fsp3) is 0.286. The Morgan fingerprint density at radius 3 is 2.12 bits per heavy atom. The van der Waals surface area contributed by atoms with Gasteiger partial charge in [0.05, 0.1) is 25.5 Å². The van der Waals surface area contributed by atoms with Crippen molar-refractivity contribution >= 4 is 0 Å². The first-order chi connectivity index (χ1) is 12.0. The lowest BCUT2D eigenvalue weighted by molar-refractivity contribution is 0.356. The van der Waals surface area contributed by atoms with Crippen LogP contribution in [0.5, 0.6) is 11.5 Å². The smallest absolute Gasteiger partial charge is 0.171 e. The molecule has 25 heavy (non-hydrogen) atoms. The maximum atomic E-state index is 5.64. The Morgan fingerprint density at radius 2 is 1.60 bits per heavy atom. The number of ether oxygens (including phenoxy) is 2. The second-order valence-electron chi connectivity index (χ2n) is 6.32. The van der Waals surface area contributed by atoms with Gasteiger partial charge in [-0.15, -0.1) is 0 Å². The number of aromatic amines is 1.